The lowest BCUT2D eigenvalue weighted by molar-refractivity contribution is -0.139. The molecular formula is C11H20BrNO2. The molecule has 3 nitrogen and oxygen atoms in total. The van der Waals surface area contributed by atoms with Crippen molar-refractivity contribution in [3.8, 4) is 0 Å². The van der Waals surface area contributed by atoms with E-state index in [1.807, 2.05) is 4.90 Å². The van der Waals surface area contributed by atoms with E-state index in [1.165, 1.54) is 0 Å². The summed E-state index contributed by atoms with van der Waals surface area (Å²) >= 11 is 3.39. The maximum absolute atomic E-state index is 11.9. The van der Waals surface area contributed by atoms with E-state index in [-0.39, 0.29) is 28.8 Å². The first-order chi connectivity index (χ1) is 6.88. The minimum atomic E-state index is -0.0784. The summed E-state index contributed by atoms with van der Waals surface area (Å²) in [6.07, 6.45) is 1.91. The maximum atomic E-state index is 11.9. The number of amides is 1. The van der Waals surface area contributed by atoms with Crippen LogP contribution in [0.4, 0.5) is 0 Å². The molecule has 4 heteroatoms. The molecular weight excluding hydrogens is 258 g/mol. The molecule has 0 aromatic rings. The van der Waals surface area contributed by atoms with Crippen LogP contribution in [0.1, 0.15) is 33.6 Å². The van der Waals surface area contributed by atoms with Crippen molar-refractivity contribution in [1.29, 1.82) is 0 Å². The molecule has 1 aliphatic heterocycles. The molecule has 0 aromatic carbocycles. The van der Waals surface area contributed by atoms with Crippen LogP contribution >= 0.6 is 15.9 Å². The molecule has 1 rings (SSSR count). The average Bonchev–Trinajstić information content (AvgIpc) is 2.11. The van der Waals surface area contributed by atoms with Crippen molar-refractivity contribution in [3.63, 3.8) is 0 Å². The Morgan fingerprint density at radius 3 is 2.67 bits per heavy atom. The second kappa shape index (κ2) is 4.83. The Morgan fingerprint density at radius 1 is 1.60 bits per heavy atom. The summed E-state index contributed by atoms with van der Waals surface area (Å²) in [7, 11) is 0. The fraction of sp³-hybridized carbons (Fsp3) is 0.909. The Labute approximate surface area is 100.0 Å². The van der Waals surface area contributed by atoms with Crippen molar-refractivity contribution < 1.29 is 9.90 Å². The molecule has 1 saturated heterocycles. The predicted octanol–water partition coefficient (Wildman–Crippen LogP) is 1.78. The van der Waals surface area contributed by atoms with E-state index in [0.717, 1.165) is 19.4 Å². The highest BCUT2D eigenvalue weighted by atomic mass is 79.9. The van der Waals surface area contributed by atoms with Gasteiger partial charge in [-0.1, -0.05) is 36.7 Å². The topological polar surface area (TPSA) is 40.5 Å². The summed E-state index contributed by atoms with van der Waals surface area (Å²) in [6.45, 7) is 6.97. The van der Waals surface area contributed by atoms with Gasteiger partial charge in [-0.3, -0.25) is 4.79 Å². The third-order valence-corrected chi connectivity index (χ3v) is 3.81. The summed E-state index contributed by atoms with van der Waals surface area (Å²) in [4.78, 5) is 13.7. The fourth-order valence-corrected chi connectivity index (χ4v) is 2.59. The van der Waals surface area contributed by atoms with E-state index in [4.69, 9.17) is 0 Å². The first-order valence-electron chi connectivity index (χ1n) is 5.43. The summed E-state index contributed by atoms with van der Waals surface area (Å²) in [5.74, 6) is 0.121. The standard InChI is InChI=1S/C11H20BrNO2/c1-11(2,3)9(7-14)13-6-4-5-8(12)10(13)15/h8-9,14H,4-7H2,1-3H3. The van der Waals surface area contributed by atoms with Crippen LogP contribution < -0.4 is 0 Å². The molecule has 0 bridgehead atoms. The summed E-state index contributed by atoms with van der Waals surface area (Å²) in [5.41, 5.74) is -0.0749. The number of nitrogens with zero attached hydrogens (tertiary/aromatic N) is 1. The Hall–Kier alpha value is -0.0900. The molecule has 1 aliphatic rings. The van der Waals surface area contributed by atoms with Gasteiger partial charge in [-0.15, -0.1) is 0 Å². The lowest BCUT2D eigenvalue weighted by Gasteiger charge is -2.42. The van der Waals surface area contributed by atoms with E-state index in [2.05, 4.69) is 36.7 Å². The lowest BCUT2D eigenvalue weighted by Crippen LogP contribution is -2.54. The van der Waals surface area contributed by atoms with Gasteiger partial charge in [0.05, 0.1) is 17.5 Å². The van der Waals surface area contributed by atoms with E-state index in [1.54, 1.807) is 0 Å². The van der Waals surface area contributed by atoms with Gasteiger partial charge in [0.1, 0.15) is 0 Å². The maximum Gasteiger partial charge on any atom is 0.236 e. The summed E-state index contributed by atoms with van der Waals surface area (Å²) in [5, 5.41) is 9.41. The molecule has 0 aliphatic carbocycles. The van der Waals surface area contributed by atoms with E-state index in [9.17, 15) is 9.90 Å². The molecule has 0 saturated carbocycles. The number of aliphatic hydroxyl groups excluding tert-OH is 1. The smallest absolute Gasteiger partial charge is 0.236 e. The van der Waals surface area contributed by atoms with Crippen LogP contribution in [0.2, 0.25) is 0 Å². The minimum absolute atomic E-state index is 0.0367. The van der Waals surface area contributed by atoms with Crippen LogP contribution in [0.15, 0.2) is 0 Å². The largest absolute Gasteiger partial charge is 0.394 e. The first-order valence-corrected chi connectivity index (χ1v) is 6.35. The monoisotopic (exact) mass is 277 g/mol. The number of rotatable bonds is 2. The van der Waals surface area contributed by atoms with Gasteiger partial charge in [0.2, 0.25) is 5.91 Å². The highest BCUT2D eigenvalue weighted by molar-refractivity contribution is 9.10. The number of piperidine rings is 1. The van der Waals surface area contributed by atoms with Gasteiger partial charge < -0.3 is 10.0 Å². The molecule has 88 valence electrons. The summed E-state index contributed by atoms with van der Waals surface area (Å²) < 4.78 is 0. The average molecular weight is 278 g/mol. The first kappa shape index (κ1) is 13.0. The molecule has 15 heavy (non-hydrogen) atoms. The highest BCUT2D eigenvalue weighted by Crippen LogP contribution is 2.29. The van der Waals surface area contributed by atoms with Crippen LogP contribution in [0.5, 0.6) is 0 Å². The number of alkyl halides is 1. The van der Waals surface area contributed by atoms with Gasteiger partial charge in [-0.25, -0.2) is 0 Å². The van der Waals surface area contributed by atoms with Crippen LogP contribution in [0.3, 0.4) is 0 Å². The zero-order valence-electron chi connectivity index (χ0n) is 9.66. The number of hydrogen-bond donors (Lipinski definition) is 1. The normalized spacial score (nSPS) is 25.5. The van der Waals surface area contributed by atoms with Crippen molar-refractivity contribution in [2.75, 3.05) is 13.2 Å². The number of likely N-dealkylation sites (tertiary alicyclic amines) is 1. The number of hydrogen-bond acceptors (Lipinski definition) is 2. The van der Waals surface area contributed by atoms with Crippen molar-refractivity contribution in [2.24, 2.45) is 5.41 Å². The van der Waals surface area contributed by atoms with Gasteiger partial charge in [0.15, 0.2) is 0 Å². The van der Waals surface area contributed by atoms with E-state index >= 15 is 0 Å². The van der Waals surface area contributed by atoms with Crippen molar-refractivity contribution >= 4 is 21.8 Å². The SMILES string of the molecule is CC(C)(C)C(CO)N1CCCC(Br)C1=O. The number of carbonyl (C=O) groups is 1. The molecule has 1 heterocycles. The van der Waals surface area contributed by atoms with Gasteiger partial charge in [0.25, 0.3) is 0 Å². The van der Waals surface area contributed by atoms with Crippen molar-refractivity contribution in [1.82, 2.24) is 4.90 Å². The van der Waals surface area contributed by atoms with Crippen molar-refractivity contribution in [3.05, 3.63) is 0 Å². The molecule has 2 atom stereocenters. The van der Waals surface area contributed by atoms with Crippen LogP contribution in [-0.4, -0.2) is 39.9 Å². The molecule has 1 amide bonds. The number of aliphatic hydroxyl groups is 1. The Bertz CT molecular complexity index is 237. The zero-order valence-corrected chi connectivity index (χ0v) is 11.2. The highest BCUT2D eigenvalue weighted by Gasteiger charge is 2.36. The third-order valence-electron chi connectivity index (χ3n) is 2.96. The lowest BCUT2D eigenvalue weighted by atomic mass is 9.85. The van der Waals surface area contributed by atoms with E-state index < -0.39 is 0 Å². The molecule has 0 aromatic heterocycles. The van der Waals surface area contributed by atoms with Crippen molar-refractivity contribution in [2.45, 2.75) is 44.5 Å². The van der Waals surface area contributed by atoms with Gasteiger partial charge in [-0.2, -0.15) is 0 Å². The Kier molecular flexibility index (Phi) is 4.18. The Balaban J connectivity index is 2.80. The predicted molar refractivity (Wildman–Crippen MR) is 64.0 cm³/mol. The Morgan fingerprint density at radius 2 is 2.20 bits per heavy atom. The van der Waals surface area contributed by atoms with Crippen LogP contribution in [0.25, 0.3) is 0 Å². The van der Waals surface area contributed by atoms with Gasteiger partial charge in [0, 0.05) is 6.54 Å². The van der Waals surface area contributed by atoms with Gasteiger partial charge in [-0.05, 0) is 18.3 Å². The van der Waals surface area contributed by atoms with Gasteiger partial charge >= 0.3 is 0 Å². The molecule has 0 radical (unpaired) electrons. The molecule has 1 fully saturated rings. The molecule has 2 unspecified atom stereocenters. The minimum Gasteiger partial charge on any atom is -0.394 e. The zero-order chi connectivity index (χ0) is 11.6. The fourth-order valence-electron chi connectivity index (χ4n) is 2.00. The second-order valence-corrected chi connectivity index (χ2v) is 6.31. The van der Waals surface area contributed by atoms with Crippen LogP contribution in [0, 0.1) is 5.41 Å². The summed E-state index contributed by atoms with van der Waals surface area (Å²) in [6, 6.07) is -0.0784. The molecule has 1 N–H and O–H groups in total. The molecule has 0 spiro atoms. The third kappa shape index (κ3) is 2.94. The number of halogens is 1. The number of carbonyl (C=O) groups excluding carboxylic acids is 1. The second-order valence-electron chi connectivity index (χ2n) is 5.21. The van der Waals surface area contributed by atoms with E-state index in [0.29, 0.717) is 0 Å². The van der Waals surface area contributed by atoms with Crippen LogP contribution in [-0.2, 0) is 4.79 Å². The quantitative estimate of drug-likeness (QED) is 0.782.